The minimum absolute atomic E-state index is 0.165. The fourth-order valence-corrected chi connectivity index (χ4v) is 2.97. The molecule has 2 rings (SSSR count). The van der Waals surface area contributed by atoms with Gasteiger partial charge in [0.2, 0.25) is 11.8 Å². The highest BCUT2D eigenvalue weighted by Gasteiger charge is 2.20. The summed E-state index contributed by atoms with van der Waals surface area (Å²) >= 11 is 0. The molecule has 0 radical (unpaired) electrons. The lowest BCUT2D eigenvalue weighted by Gasteiger charge is -2.13. The van der Waals surface area contributed by atoms with Crippen LogP contribution in [0.3, 0.4) is 0 Å². The molecule has 0 aliphatic carbocycles. The van der Waals surface area contributed by atoms with Crippen LogP contribution in [0.15, 0.2) is 39.0 Å². The second-order valence-corrected chi connectivity index (χ2v) is 6.75. The molecule has 9 nitrogen and oxygen atoms in total. The van der Waals surface area contributed by atoms with E-state index >= 15 is 0 Å². The van der Waals surface area contributed by atoms with Crippen molar-refractivity contribution in [1.29, 1.82) is 0 Å². The molecule has 162 valence electrons. The van der Waals surface area contributed by atoms with Gasteiger partial charge in [-0.2, -0.15) is 5.10 Å². The zero-order chi connectivity index (χ0) is 22.1. The fourth-order valence-electron chi connectivity index (χ4n) is 2.97. The number of aromatic amines is 1. The van der Waals surface area contributed by atoms with Crippen molar-refractivity contribution in [2.45, 2.75) is 52.4 Å². The number of hydrogen-bond donors (Lipinski definition) is 3. The predicted octanol–water partition coefficient (Wildman–Crippen LogP) is 2.44. The number of unbranched alkanes of at least 4 members (excludes halogenated alkanes) is 3. The molecule has 2 aromatic rings. The number of hydrazone groups is 1. The number of aromatic hydroxyl groups is 1. The predicted molar refractivity (Wildman–Crippen MR) is 115 cm³/mol. The van der Waals surface area contributed by atoms with E-state index in [4.69, 9.17) is 4.74 Å². The Morgan fingerprint density at radius 1 is 1.17 bits per heavy atom. The number of carbonyl (C=O) groups is 1. The third-order valence-corrected chi connectivity index (χ3v) is 4.61. The minimum atomic E-state index is -0.790. The highest BCUT2D eigenvalue weighted by Crippen LogP contribution is 2.20. The number of nitrogens with zero attached hydrogens (tertiary/aromatic N) is 2. The third kappa shape index (κ3) is 5.59. The van der Waals surface area contributed by atoms with E-state index in [0.717, 1.165) is 30.3 Å². The highest BCUT2D eigenvalue weighted by atomic mass is 16.5. The van der Waals surface area contributed by atoms with Crippen LogP contribution in [0.25, 0.3) is 5.69 Å². The minimum Gasteiger partial charge on any atom is -0.497 e. The van der Waals surface area contributed by atoms with Gasteiger partial charge in [-0.25, -0.2) is 14.8 Å². The molecule has 9 heteroatoms. The first-order valence-corrected chi connectivity index (χ1v) is 10.0. The van der Waals surface area contributed by atoms with Gasteiger partial charge in [0, 0.05) is 6.42 Å². The van der Waals surface area contributed by atoms with Gasteiger partial charge in [0.25, 0.3) is 5.56 Å². The van der Waals surface area contributed by atoms with E-state index < -0.39 is 17.1 Å². The van der Waals surface area contributed by atoms with Crippen LogP contribution in [0.2, 0.25) is 0 Å². The van der Waals surface area contributed by atoms with E-state index in [1.54, 1.807) is 31.2 Å². The summed E-state index contributed by atoms with van der Waals surface area (Å²) in [5.74, 6) is -0.239. The average Bonchev–Trinajstić information content (AvgIpc) is 2.73. The van der Waals surface area contributed by atoms with Crippen LogP contribution in [-0.4, -0.2) is 33.4 Å². The summed E-state index contributed by atoms with van der Waals surface area (Å²) in [4.78, 5) is 38.9. The van der Waals surface area contributed by atoms with Crippen molar-refractivity contribution in [3.05, 3.63) is 50.7 Å². The topological polar surface area (TPSA) is 126 Å². The van der Waals surface area contributed by atoms with Crippen molar-refractivity contribution in [3.8, 4) is 17.3 Å². The zero-order valence-corrected chi connectivity index (χ0v) is 17.5. The summed E-state index contributed by atoms with van der Waals surface area (Å²) in [6.07, 6.45) is 4.44. The van der Waals surface area contributed by atoms with Crippen molar-refractivity contribution in [2.75, 3.05) is 7.11 Å². The van der Waals surface area contributed by atoms with E-state index in [1.807, 2.05) is 0 Å². The lowest BCUT2D eigenvalue weighted by molar-refractivity contribution is -0.121. The highest BCUT2D eigenvalue weighted by molar-refractivity contribution is 6.02. The lowest BCUT2D eigenvalue weighted by atomic mass is 10.1. The van der Waals surface area contributed by atoms with Crippen LogP contribution in [0.1, 0.15) is 57.9 Å². The number of aromatic nitrogens is 2. The van der Waals surface area contributed by atoms with E-state index in [1.165, 1.54) is 7.11 Å². The Labute approximate surface area is 174 Å². The number of H-pyrrole nitrogens is 1. The second kappa shape index (κ2) is 11.0. The quantitative estimate of drug-likeness (QED) is 0.312. The van der Waals surface area contributed by atoms with E-state index in [-0.39, 0.29) is 23.6 Å². The number of hydrogen-bond acceptors (Lipinski definition) is 6. The van der Waals surface area contributed by atoms with Gasteiger partial charge in [0.1, 0.15) is 11.3 Å². The second-order valence-electron chi connectivity index (χ2n) is 6.75. The largest absolute Gasteiger partial charge is 0.497 e. The Bertz CT molecular complexity index is 1010. The number of amides is 1. The van der Waals surface area contributed by atoms with Gasteiger partial charge in [-0.3, -0.25) is 14.6 Å². The van der Waals surface area contributed by atoms with Gasteiger partial charge < -0.3 is 9.84 Å². The smallest absolute Gasteiger partial charge is 0.335 e. The maximum absolute atomic E-state index is 12.4. The standard InChI is InChI=1S/C21H28N4O5/c1-4-6-7-8-9-17(26)24-23-16(5-2)18-19(27)22-21(29)25(20(18)28)14-10-12-15(30-3)13-11-14/h10-13,28H,4-9H2,1-3H3,(H,24,26)(H,22,27,29)/b23-16+. The van der Waals surface area contributed by atoms with Crippen LogP contribution in [0, 0.1) is 0 Å². The number of nitrogens with one attached hydrogen (secondary N) is 2. The first kappa shape index (κ1) is 22.9. The molecule has 0 saturated heterocycles. The van der Waals surface area contributed by atoms with Gasteiger partial charge in [-0.1, -0.05) is 33.1 Å². The van der Waals surface area contributed by atoms with Crippen molar-refractivity contribution in [2.24, 2.45) is 5.10 Å². The van der Waals surface area contributed by atoms with E-state index in [9.17, 15) is 19.5 Å². The fraction of sp³-hybridized carbons (Fsp3) is 0.429. The van der Waals surface area contributed by atoms with Gasteiger partial charge >= 0.3 is 5.69 Å². The molecule has 0 bridgehead atoms. The van der Waals surface area contributed by atoms with Gasteiger partial charge in [-0.15, -0.1) is 0 Å². The third-order valence-electron chi connectivity index (χ3n) is 4.61. The number of methoxy groups -OCH3 is 1. The summed E-state index contributed by atoms with van der Waals surface area (Å²) in [6.45, 7) is 3.82. The maximum Gasteiger partial charge on any atom is 0.335 e. The van der Waals surface area contributed by atoms with Crippen LogP contribution in [0.5, 0.6) is 11.6 Å². The number of carbonyl (C=O) groups excluding carboxylic acids is 1. The Morgan fingerprint density at radius 3 is 2.47 bits per heavy atom. The molecule has 0 atom stereocenters. The maximum atomic E-state index is 12.4. The van der Waals surface area contributed by atoms with Crippen LogP contribution >= 0.6 is 0 Å². The molecule has 1 aromatic heterocycles. The summed E-state index contributed by atoms with van der Waals surface area (Å²) in [5, 5.41) is 14.7. The first-order valence-electron chi connectivity index (χ1n) is 10.0. The van der Waals surface area contributed by atoms with E-state index in [2.05, 4.69) is 22.4 Å². The van der Waals surface area contributed by atoms with Crippen molar-refractivity contribution < 1.29 is 14.6 Å². The average molecular weight is 416 g/mol. The summed E-state index contributed by atoms with van der Waals surface area (Å²) in [5.41, 5.74) is 1.20. The number of rotatable bonds is 10. The summed E-state index contributed by atoms with van der Waals surface area (Å²) in [7, 11) is 1.51. The van der Waals surface area contributed by atoms with Crippen LogP contribution in [-0.2, 0) is 4.79 Å². The Kier molecular flexibility index (Phi) is 8.40. The molecule has 1 aromatic carbocycles. The molecule has 0 aliphatic rings. The van der Waals surface area contributed by atoms with Gasteiger partial charge in [-0.05, 0) is 37.1 Å². The summed E-state index contributed by atoms with van der Waals surface area (Å²) in [6, 6.07) is 6.39. The summed E-state index contributed by atoms with van der Waals surface area (Å²) < 4.78 is 6.06. The monoisotopic (exact) mass is 416 g/mol. The molecule has 0 aliphatic heterocycles. The molecule has 30 heavy (non-hydrogen) atoms. The van der Waals surface area contributed by atoms with Crippen molar-refractivity contribution in [3.63, 3.8) is 0 Å². The van der Waals surface area contributed by atoms with Crippen molar-refractivity contribution >= 4 is 11.6 Å². The first-order chi connectivity index (χ1) is 14.4. The van der Waals surface area contributed by atoms with Crippen LogP contribution < -0.4 is 21.4 Å². The Morgan fingerprint density at radius 2 is 1.87 bits per heavy atom. The lowest BCUT2D eigenvalue weighted by Crippen LogP contribution is -2.33. The molecule has 1 amide bonds. The molecular weight excluding hydrogens is 388 g/mol. The van der Waals surface area contributed by atoms with Gasteiger partial charge in [0.05, 0.1) is 18.5 Å². The number of ether oxygens (including phenoxy) is 1. The van der Waals surface area contributed by atoms with E-state index in [0.29, 0.717) is 17.9 Å². The molecule has 0 spiro atoms. The molecule has 0 fully saturated rings. The normalized spacial score (nSPS) is 11.4. The van der Waals surface area contributed by atoms with Gasteiger partial charge in [0.15, 0.2) is 0 Å². The van der Waals surface area contributed by atoms with Crippen molar-refractivity contribution in [1.82, 2.24) is 15.0 Å². The molecular formula is C21H28N4O5. The Hall–Kier alpha value is -3.36. The molecule has 0 saturated carbocycles. The Balaban J connectivity index is 2.35. The number of benzene rings is 1. The SMILES string of the molecule is CCCCCCC(=O)N/N=C(\CC)c1c(O)n(-c2ccc(OC)cc2)c(=O)[nH]c1=O. The zero-order valence-electron chi connectivity index (χ0n) is 17.5. The molecule has 3 N–H and O–H groups in total. The van der Waals surface area contributed by atoms with Crippen LogP contribution in [0.4, 0.5) is 0 Å². The molecule has 1 heterocycles. The molecule has 0 unspecified atom stereocenters.